The molecule has 4 heteroatoms. The molecule has 2 rings (SSSR count). The van der Waals surface area contributed by atoms with Crippen molar-refractivity contribution in [2.24, 2.45) is 0 Å². The quantitative estimate of drug-likeness (QED) is 0.813. The lowest BCUT2D eigenvalue weighted by atomic mass is 9.99. The first-order chi connectivity index (χ1) is 10.2. The minimum atomic E-state index is -0.266. The Kier molecular flexibility index (Phi) is 6.05. The first-order valence-corrected chi connectivity index (χ1v) is 7.88. The van der Waals surface area contributed by atoms with Gasteiger partial charge in [-0.25, -0.2) is 4.79 Å². The molecule has 0 spiro atoms. The molecule has 1 heterocycles. The minimum absolute atomic E-state index is 0.266. The molecule has 1 fully saturated rings. The van der Waals surface area contributed by atoms with Gasteiger partial charge in [-0.05, 0) is 38.3 Å². The van der Waals surface area contributed by atoms with Crippen molar-refractivity contribution in [3.63, 3.8) is 0 Å². The van der Waals surface area contributed by atoms with E-state index in [1.54, 1.807) is 0 Å². The van der Waals surface area contributed by atoms with Crippen LogP contribution in [0.25, 0.3) is 0 Å². The van der Waals surface area contributed by atoms with Gasteiger partial charge in [-0.2, -0.15) is 0 Å². The Morgan fingerprint density at radius 1 is 1.38 bits per heavy atom. The minimum Gasteiger partial charge on any atom is -0.462 e. The van der Waals surface area contributed by atoms with E-state index in [1.165, 1.54) is 0 Å². The highest BCUT2D eigenvalue weighted by Gasteiger charge is 2.23. The van der Waals surface area contributed by atoms with Crippen LogP contribution < -0.4 is 5.32 Å². The van der Waals surface area contributed by atoms with Gasteiger partial charge in [0.2, 0.25) is 0 Å². The second-order valence-electron chi connectivity index (χ2n) is 5.41. The Labute approximate surface area is 126 Å². The van der Waals surface area contributed by atoms with E-state index in [-0.39, 0.29) is 5.97 Å². The Bertz CT molecular complexity index is 459. The maximum atomic E-state index is 12.0. The van der Waals surface area contributed by atoms with Crippen LogP contribution in [0, 0.1) is 0 Å². The number of carbonyl (C=O) groups is 1. The van der Waals surface area contributed by atoms with Gasteiger partial charge < -0.3 is 14.8 Å². The van der Waals surface area contributed by atoms with Gasteiger partial charge in [0.1, 0.15) is 0 Å². The summed E-state index contributed by atoms with van der Waals surface area (Å²) >= 11 is 0. The topological polar surface area (TPSA) is 47.6 Å². The molecule has 0 radical (unpaired) electrons. The number of benzene rings is 1. The van der Waals surface area contributed by atoms with Gasteiger partial charge in [-0.1, -0.05) is 25.5 Å². The van der Waals surface area contributed by atoms with Crippen LogP contribution in [0.5, 0.6) is 0 Å². The van der Waals surface area contributed by atoms with Gasteiger partial charge in [-0.15, -0.1) is 0 Å². The van der Waals surface area contributed by atoms with Crippen LogP contribution in [0.3, 0.4) is 0 Å². The molecule has 0 bridgehead atoms. The van der Waals surface area contributed by atoms with Crippen LogP contribution in [0.1, 0.15) is 49.9 Å². The fourth-order valence-corrected chi connectivity index (χ4v) is 2.75. The zero-order chi connectivity index (χ0) is 15.1. The molecule has 1 aliphatic rings. The highest BCUT2D eigenvalue weighted by atomic mass is 16.5. The molecule has 0 saturated carbocycles. The van der Waals surface area contributed by atoms with E-state index in [2.05, 4.69) is 12.2 Å². The number of rotatable bonds is 6. The van der Waals surface area contributed by atoms with E-state index in [0.717, 1.165) is 38.0 Å². The summed E-state index contributed by atoms with van der Waals surface area (Å²) in [5.41, 5.74) is 1.47. The second kappa shape index (κ2) is 8.03. The summed E-state index contributed by atoms with van der Waals surface area (Å²) in [5, 5.41) is 3.50. The number of hydrogen-bond acceptors (Lipinski definition) is 4. The lowest BCUT2D eigenvalue weighted by Crippen LogP contribution is -2.34. The molecular weight excluding hydrogens is 266 g/mol. The standard InChI is InChI=1S/C17H25NO3/c1-3-7-14-12-13(10-11-21-14)18-16-9-6-5-8-15(16)17(19)20-4-2/h5-6,8-9,13-14,18H,3-4,7,10-12H2,1-2H3. The average Bonchev–Trinajstić information content (AvgIpc) is 2.49. The number of ether oxygens (including phenoxy) is 2. The predicted octanol–water partition coefficient (Wildman–Crippen LogP) is 3.62. The number of esters is 1. The summed E-state index contributed by atoms with van der Waals surface area (Å²) in [7, 11) is 0. The SMILES string of the molecule is CCCC1CC(Nc2ccccc2C(=O)OCC)CCO1. The van der Waals surface area contributed by atoms with Crippen molar-refractivity contribution in [1.29, 1.82) is 0 Å². The molecule has 2 unspecified atom stereocenters. The molecule has 2 atom stereocenters. The summed E-state index contributed by atoms with van der Waals surface area (Å²) in [6.45, 7) is 5.17. The molecule has 21 heavy (non-hydrogen) atoms. The largest absolute Gasteiger partial charge is 0.462 e. The third-order valence-corrected chi connectivity index (χ3v) is 3.76. The third kappa shape index (κ3) is 4.46. The summed E-state index contributed by atoms with van der Waals surface area (Å²) in [6, 6.07) is 7.90. The van der Waals surface area contributed by atoms with Crippen LogP contribution in [-0.2, 0) is 9.47 Å². The van der Waals surface area contributed by atoms with E-state index in [1.807, 2.05) is 31.2 Å². The molecule has 0 aromatic heterocycles. The number of para-hydroxylation sites is 1. The normalized spacial score (nSPS) is 21.8. The average molecular weight is 291 g/mol. The Hall–Kier alpha value is -1.55. The van der Waals surface area contributed by atoms with E-state index in [0.29, 0.717) is 24.3 Å². The van der Waals surface area contributed by atoms with Crippen molar-refractivity contribution >= 4 is 11.7 Å². The highest BCUT2D eigenvalue weighted by molar-refractivity contribution is 5.95. The van der Waals surface area contributed by atoms with Gasteiger partial charge in [0.15, 0.2) is 0 Å². The Morgan fingerprint density at radius 3 is 2.95 bits per heavy atom. The number of hydrogen-bond donors (Lipinski definition) is 1. The van der Waals surface area contributed by atoms with Crippen LogP contribution in [0.15, 0.2) is 24.3 Å². The first-order valence-electron chi connectivity index (χ1n) is 7.88. The number of nitrogens with one attached hydrogen (secondary N) is 1. The molecule has 1 N–H and O–H groups in total. The molecule has 0 amide bonds. The molecule has 1 saturated heterocycles. The second-order valence-corrected chi connectivity index (χ2v) is 5.41. The van der Waals surface area contributed by atoms with E-state index in [9.17, 15) is 4.79 Å². The first kappa shape index (κ1) is 15.8. The molecule has 1 aromatic rings. The van der Waals surface area contributed by atoms with Crippen LogP contribution in [0.2, 0.25) is 0 Å². The van der Waals surface area contributed by atoms with Crippen molar-refractivity contribution in [1.82, 2.24) is 0 Å². The molecule has 116 valence electrons. The Morgan fingerprint density at radius 2 is 2.19 bits per heavy atom. The van der Waals surface area contributed by atoms with E-state index >= 15 is 0 Å². The van der Waals surface area contributed by atoms with Crippen LogP contribution >= 0.6 is 0 Å². The monoisotopic (exact) mass is 291 g/mol. The maximum absolute atomic E-state index is 12.0. The molecule has 1 aliphatic heterocycles. The lowest BCUT2D eigenvalue weighted by molar-refractivity contribution is 0.00597. The third-order valence-electron chi connectivity index (χ3n) is 3.76. The van der Waals surface area contributed by atoms with Gasteiger partial charge in [-0.3, -0.25) is 0 Å². The smallest absolute Gasteiger partial charge is 0.340 e. The molecule has 4 nitrogen and oxygen atoms in total. The van der Waals surface area contributed by atoms with Gasteiger partial charge in [0, 0.05) is 18.3 Å². The Balaban J connectivity index is 2.03. The molecule has 0 aliphatic carbocycles. The van der Waals surface area contributed by atoms with E-state index in [4.69, 9.17) is 9.47 Å². The fraction of sp³-hybridized carbons (Fsp3) is 0.588. The fourth-order valence-electron chi connectivity index (χ4n) is 2.75. The van der Waals surface area contributed by atoms with Crippen LogP contribution in [-0.4, -0.2) is 31.3 Å². The van der Waals surface area contributed by atoms with Gasteiger partial charge in [0.25, 0.3) is 0 Å². The van der Waals surface area contributed by atoms with Gasteiger partial charge in [0.05, 0.1) is 18.3 Å². The summed E-state index contributed by atoms with van der Waals surface area (Å²) in [5.74, 6) is -0.266. The van der Waals surface area contributed by atoms with E-state index < -0.39 is 0 Å². The zero-order valence-electron chi connectivity index (χ0n) is 12.9. The van der Waals surface area contributed by atoms with Crippen LogP contribution in [0.4, 0.5) is 5.69 Å². The number of carbonyl (C=O) groups excluding carboxylic acids is 1. The summed E-state index contributed by atoms with van der Waals surface area (Å²) in [4.78, 5) is 12.0. The molecule has 1 aromatic carbocycles. The summed E-state index contributed by atoms with van der Waals surface area (Å²) in [6.07, 6.45) is 4.52. The lowest BCUT2D eigenvalue weighted by Gasteiger charge is -2.31. The van der Waals surface area contributed by atoms with Crippen molar-refractivity contribution < 1.29 is 14.3 Å². The van der Waals surface area contributed by atoms with Crippen molar-refractivity contribution in [3.8, 4) is 0 Å². The summed E-state index contributed by atoms with van der Waals surface area (Å²) < 4.78 is 10.9. The maximum Gasteiger partial charge on any atom is 0.340 e. The van der Waals surface area contributed by atoms with Crippen molar-refractivity contribution in [3.05, 3.63) is 29.8 Å². The zero-order valence-corrected chi connectivity index (χ0v) is 12.9. The van der Waals surface area contributed by atoms with Crippen molar-refractivity contribution in [2.45, 2.75) is 51.7 Å². The van der Waals surface area contributed by atoms with Crippen molar-refractivity contribution in [2.75, 3.05) is 18.5 Å². The van der Waals surface area contributed by atoms with Gasteiger partial charge >= 0.3 is 5.97 Å². The highest BCUT2D eigenvalue weighted by Crippen LogP contribution is 2.24. The molecular formula is C17H25NO3. The number of anilines is 1. The predicted molar refractivity (Wildman–Crippen MR) is 83.7 cm³/mol.